The molecule has 1 aliphatic heterocycles. The molecule has 1 saturated heterocycles. The zero-order valence-corrected chi connectivity index (χ0v) is 8.87. The third-order valence-electron chi connectivity index (χ3n) is 2.84. The van der Waals surface area contributed by atoms with E-state index in [4.69, 9.17) is 16.7 Å². The van der Waals surface area contributed by atoms with Crippen molar-refractivity contribution in [3.63, 3.8) is 0 Å². The summed E-state index contributed by atoms with van der Waals surface area (Å²) in [7, 11) is 0. The third kappa shape index (κ3) is 1.98. The fourth-order valence-electron chi connectivity index (χ4n) is 2.04. The Morgan fingerprint density at radius 3 is 2.80 bits per heavy atom. The first-order valence-electron chi connectivity index (χ1n) is 4.88. The molecule has 1 heterocycles. The highest BCUT2D eigenvalue weighted by Crippen LogP contribution is 2.32. The minimum Gasteiger partial charge on any atom is -0.481 e. The van der Waals surface area contributed by atoms with Gasteiger partial charge in [0.1, 0.15) is 0 Å². The Bertz CT molecular complexity index is 381. The summed E-state index contributed by atoms with van der Waals surface area (Å²) in [4.78, 5) is 11.0. The summed E-state index contributed by atoms with van der Waals surface area (Å²) < 4.78 is 0. The van der Waals surface area contributed by atoms with Crippen LogP contribution in [0.2, 0.25) is 5.02 Å². The van der Waals surface area contributed by atoms with E-state index in [0.29, 0.717) is 18.1 Å². The zero-order valence-electron chi connectivity index (χ0n) is 8.11. The van der Waals surface area contributed by atoms with Gasteiger partial charge in [-0.25, -0.2) is 0 Å². The quantitative estimate of drug-likeness (QED) is 0.806. The molecule has 4 heteroatoms. The Morgan fingerprint density at radius 2 is 2.13 bits per heavy atom. The molecule has 0 amide bonds. The van der Waals surface area contributed by atoms with Crippen LogP contribution in [-0.4, -0.2) is 24.2 Å². The molecule has 2 rings (SSSR count). The molecule has 80 valence electrons. The molecule has 15 heavy (non-hydrogen) atoms. The number of rotatable bonds is 2. The highest BCUT2D eigenvalue weighted by atomic mass is 35.5. The Balaban J connectivity index is 2.30. The number of carbonyl (C=O) groups is 1. The van der Waals surface area contributed by atoms with E-state index in [9.17, 15) is 4.79 Å². The lowest BCUT2D eigenvalue weighted by molar-refractivity contribution is -0.141. The molecule has 0 radical (unpaired) electrons. The van der Waals surface area contributed by atoms with Crippen molar-refractivity contribution >= 4 is 17.6 Å². The smallest absolute Gasteiger partial charge is 0.308 e. The average Bonchev–Trinajstić information content (AvgIpc) is 2.67. The monoisotopic (exact) mass is 225 g/mol. The summed E-state index contributed by atoms with van der Waals surface area (Å²) in [6.07, 6.45) is 0. The number of nitrogens with one attached hydrogen (secondary N) is 1. The standard InChI is InChI=1S/C11H12ClNO2/c12-10-4-2-1-3-7(10)8-5-13-6-9(8)11(14)15/h1-4,8-9,13H,5-6H2,(H,14,15)/t8-,9-/m0/s1. The van der Waals surface area contributed by atoms with Crippen LogP contribution in [0.1, 0.15) is 11.5 Å². The van der Waals surface area contributed by atoms with Gasteiger partial charge in [-0.2, -0.15) is 0 Å². The van der Waals surface area contributed by atoms with Crippen LogP contribution < -0.4 is 5.32 Å². The molecule has 1 aliphatic rings. The van der Waals surface area contributed by atoms with Crippen LogP contribution >= 0.6 is 11.6 Å². The van der Waals surface area contributed by atoms with Crippen molar-refractivity contribution in [3.8, 4) is 0 Å². The molecule has 3 nitrogen and oxygen atoms in total. The lowest BCUT2D eigenvalue weighted by Crippen LogP contribution is -2.21. The van der Waals surface area contributed by atoms with Crippen LogP contribution in [0.25, 0.3) is 0 Å². The van der Waals surface area contributed by atoms with E-state index < -0.39 is 5.97 Å². The van der Waals surface area contributed by atoms with E-state index in [1.165, 1.54) is 0 Å². The van der Waals surface area contributed by atoms with E-state index in [0.717, 1.165) is 5.56 Å². The maximum atomic E-state index is 11.0. The summed E-state index contributed by atoms with van der Waals surface area (Å²) in [6, 6.07) is 7.44. The van der Waals surface area contributed by atoms with Gasteiger partial charge in [-0.05, 0) is 11.6 Å². The fourth-order valence-corrected chi connectivity index (χ4v) is 2.32. The maximum absolute atomic E-state index is 11.0. The van der Waals surface area contributed by atoms with Gasteiger partial charge in [-0.1, -0.05) is 29.8 Å². The zero-order chi connectivity index (χ0) is 10.8. The van der Waals surface area contributed by atoms with E-state index in [1.54, 1.807) is 6.07 Å². The molecule has 2 atom stereocenters. The number of halogens is 1. The number of carboxylic acid groups (broad SMARTS) is 1. The molecule has 1 fully saturated rings. The first kappa shape index (κ1) is 10.5. The SMILES string of the molecule is O=C(O)[C@H]1CNC[C@H]1c1ccccc1Cl. The topological polar surface area (TPSA) is 49.3 Å². The Kier molecular flexibility index (Phi) is 2.93. The predicted molar refractivity (Wildman–Crippen MR) is 58.2 cm³/mol. The molecule has 2 N–H and O–H groups in total. The molecular weight excluding hydrogens is 214 g/mol. The highest BCUT2D eigenvalue weighted by Gasteiger charge is 2.34. The van der Waals surface area contributed by atoms with Crippen LogP contribution in [0.4, 0.5) is 0 Å². The van der Waals surface area contributed by atoms with Crippen molar-refractivity contribution in [1.82, 2.24) is 5.32 Å². The van der Waals surface area contributed by atoms with Gasteiger partial charge in [0.05, 0.1) is 5.92 Å². The first-order valence-corrected chi connectivity index (χ1v) is 5.26. The van der Waals surface area contributed by atoms with Gasteiger partial charge in [0, 0.05) is 24.0 Å². The minimum atomic E-state index is -0.759. The molecule has 0 aliphatic carbocycles. The van der Waals surface area contributed by atoms with Gasteiger partial charge < -0.3 is 10.4 Å². The van der Waals surface area contributed by atoms with Crippen LogP contribution in [0.5, 0.6) is 0 Å². The molecule has 0 spiro atoms. The normalized spacial score (nSPS) is 25.4. The van der Waals surface area contributed by atoms with Crippen molar-refractivity contribution in [2.45, 2.75) is 5.92 Å². The van der Waals surface area contributed by atoms with Crippen molar-refractivity contribution < 1.29 is 9.90 Å². The van der Waals surface area contributed by atoms with Gasteiger partial charge >= 0.3 is 5.97 Å². The van der Waals surface area contributed by atoms with E-state index in [1.807, 2.05) is 18.2 Å². The number of aliphatic carboxylic acids is 1. The van der Waals surface area contributed by atoms with Gasteiger partial charge in [0.25, 0.3) is 0 Å². The van der Waals surface area contributed by atoms with E-state index in [2.05, 4.69) is 5.32 Å². The fraction of sp³-hybridized carbons (Fsp3) is 0.364. The van der Waals surface area contributed by atoms with Crippen molar-refractivity contribution in [2.75, 3.05) is 13.1 Å². The summed E-state index contributed by atoms with van der Waals surface area (Å²) in [5, 5.41) is 12.8. The second-order valence-corrected chi connectivity index (χ2v) is 4.14. The van der Waals surface area contributed by atoms with Crippen LogP contribution in [0, 0.1) is 5.92 Å². The summed E-state index contributed by atoms with van der Waals surface area (Å²) >= 11 is 6.05. The number of carboxylic acids is 1. The molecule has 0 aromatic heterocycles. The van der Waals surface area contributed by atoms with Crippen molar-refractivity contribution in [2.24, 2.45) is 5.92 Å². The Hall–Kier alpha value is -1.06. The van der Waals surface area contributed by atoms with Crippen LogP contribution in [-0.2, 0) is 4.79 Å². The largest absolute Gasteiger partial charge is 0.481 e. The van der Waals surface area contributed by atoms with Gasteiger partial charge in [-0.15, -0.1) is 0 Å². The average molecular weight is 226 g/mol. The van der Waals surface area contributed by atoms with Crippen LogP contribution in [0.3, 0.4) is 0 Å². The number of hydrogen-bond acceptors (Lipinski definition) is 2. The second-order valence-electron chi connectivity index (χ2n) is 3.73. The number of benzene rings is 1. The molecular formula is C11H12ClNO2. The minimum absolute atomic E-state index is 0.0174. The molecule has 0 bridgehead atoms. The predicted octanol–water partition coefficient (Wildman–Crippen LogP) is 1.73. The van der Waals surface area contributed by atoms with E-state index in [-0.39, 0.29) is 11.8 Å². The first-order chi connectivity index (χ1) is 7.20. The van der Waals surface area contributed by atoms with Gasteiger partial charge in [0.15, 0.2) is 0 Å². The molecule has 0 saturated carbocycles. The van der Waals surface area contributed by atoms with Gasteiger partial charge in [0.2, 0.25) is 0 Å². The van der Waals surface area contributed by atoms with Crippen molar-refractivity contribution in [3.05, 3.63) is 34.9 Å². The van der Waals surface area contributed by atoms with Crippen LogP contribution in [0.15, 0.2) is 24.3 Å². The summed E-state index contributed by atoms with van der Waals surface area (Å²) in [5.74, 6) is -1.15. The third-order valence-corrected chi connectivity index (χ3v) is 3.18. The lowest BCUT2D eigenvalue weighted by atomic mass is 9.89. The lowest BCUT2D eigenvalue weighted by Gasteiger charge is -2.16. The molecule has 1 aromatic carbocycles. The summed E-state index contributed by atoms with van der Waals surface area (Å²) in [5.41, 5.74) is 0.927. The van der Waals surface area contributed by atoms with E-state index >= 15 is 0 Å². The second kappa shape index (κ2) is 4.21. The highest BCUT2D eigenvalue weighted by molar-refractivity contribution is 6.31. The number of hydrogen-bond donors (Lipinski definition) is 2. The Morgan fingerprint density at radius 1 is 1.40 bits per heavy atom. The summed E-state index contributed by atoms with van der Waals surface area (Å²) in [6.45, 7) is 1.20. The Labute approximate surface area is 93.1 Å². The molecule has 1 aromatic rings. The molecule has 0 unspecified atom stereocenters. The van der Waals surface area contributed by atoms with Gasteiger partial charge in [-0.3, -0.25) is 4.79 Å². The van der Waals surface area contributed by atoms with Crippen molar-refractivity contribution in [1.29, 1.82) is 0 Å². The maximum Gasteiger partial charge on any atom is 0.308 e.